The largest absolute Gasteiger partial charge is 0.488 e. The lowest BCUT2D eigenvalue weighted by Crippen LogP contribution is -2.52. The van der Waals surface area contributed by atoms with Crippen molar-refractivity contribution in [2.45, 2.75) is 153 Å². The molecule has 36 heteroatoms. The zero-order valence-electron chi connectivity index (χ0n) is 159. The van der Waals surface area contributed by atoms with Gasteiger partial charge in [-0.25, -0.2) is 17.6 Å². The molecule has 6 N–H and O–H groups in total. The van der Waals surface area contributed by atoms with Crippen LogP contribution in [0.4, 0.5) is 28.9 Å². The summed E-state index contributed by atoms with van der Waals surface area (Å²) in [6.45, 7) is -111. The molecule has 12 amide bonds. The number of amides is 12. The van der Waals surface area contributed by atoms with Gasteiger partial charge in [-0.2, -0.15) is 0 Å². The van der Waals surface area contributed by atoms with Crippen LogP contribution in [-0.2, 0) is 135 Å². The van der Waals surface area contributed by atoms with E-state index in [2.05, 4.69) is 18.9 Å². The van der Waals surface area contributed by atoms with Crippen LogP contribution >= 0.6 is 0 Å². The van der Waals surface area contributed by atoms with Crippen LogP contribution in [0.15, 0.2) is 145 Å². The molecule has 0 aromatic heterocycles. The lowest BCUT2D eigenvalue weighted by Gasteiger charge is -2.29. The number of carbonyl (C=O) groups excluding carboxylic acids is 12. The summed E-state index contributed by atoms with van der Waals surface area (Å²) < 4.78 is 866. The third-order valence-corrected chi connectivity index (χ3v) is 17.3. The number of nitrogens with one attached hydrogen (secondary N) is 6. The average molecular weight is 1960 g/mol. The Morgan fingerprint density at radius 2 is 0.706 bits per heavy atom. The molecule has 20 rings (SSSR count). The van der Waals surface area contributed by atoms with Crippen molar-refractivity contribution in [3.63, 3.8) is 0 Å². The van der Waals surface area contributed by atoms with E-state index in [1.165, 1.54) is 16.0 Å². The topological polar surface area (TPSA) is 358 Å². The number of halogens is 4. The molecule has 0 bridgehead atoms. The molecule has 0 radical (unpaired) electrons. The molecule has 0 saturated carbocycles. The van der Waals surface area contributed by atoms with Crippen molar-refractivity contribution in [3.8, 4) is 11.5 Å². The van der Waals surface area contributed by atoms with E-state index >= 15 is 17.6 Å². The van der Waals surface area contributed by atoms with Crippen molar-refractivity contribution in [3.05, 3.63) is 257 Å². The second kappa shape index (κ2) is 43.2. The summed E-state index contributed by atoms with van der Waals surface area (Å²) in [6, 6.07) is -47.8. The molecule has 8 saturated heterocycles. The van der Waals surface area contributed by atoms with Crippen LogP contribution in [-0.4, -0.2) is 239 Å². The Kier molecular flexibility index (Phi) is 10.8. The number of ether oxygens (including phenoxy) is 6. The first-order chi connectivity index (χ1) is 102. The number of fused-ring (bicyclic) bond motifs is 4. The fourth-order valence-electron chi connectivity index (χ4n) is 11.4. The third-order valence-electron chi connectivity index (χ3n) is 17.3. The molecule has 0 spiro atoms. The summed E-state index contributed by atoms with van der Waals surface area (Å²) in [5.41, 5.74) is -27.5. The fraction of sp³-hybridized carbons (Fsp3) is 0.400. The minimum absolute atomic E-state index is 0.0269. The first kappa shape index (κ1) is 33.9. The monoisotopic (exact) mass is 1960 g/mol. The van der Waals surface area contributed by atoms with E-state index in [9.17, 15) is 57.5 Å². The predicted octanol–water partition coefficient (Wildman–Crippen LogP) is 8.06. The Labute approximate surface area is 912 Å². The SMILES string of the molecule is [2H]c1c([2H])c(NC([2H])([2H])c2c([2H])c(C([2H])([2H])N3C([2H])([2H])C([2H])([2H])OC([2H])([2H])C3([2H])[2H])c([2H])c([2H])c2F)c2c(c1[2H])C(=O)N(C1([2H])C(=O)NC(=O)C([2H])([2H])C1([2H])[2H])C2([2H])[2H].[2H]c1c([2H])c(NC([2H])([2H])c2c([2H])c(C([2H])([2H])N3C([2H])([2H])C([2H])([2H])OC([2H])([2H])C3([2H])[2H])c([2H])c([2H])c2F)c2c(c1[2H])C(=O)N(C1C(=O)NC(=O)C([2H])([2H])C1([2H])[2H])C2([2H])[2H].[2H]c1c([2H])c(OC([2H])([2H])c2c([2H])c(C([2H])([2H])N3C([2H])([2H])C([2H])([2H])OC([2H])([2H])C3([2H])[2H])c([2H])c([2H])c2F)c2c(c1[2H])C(=O)N(C1C(=O)NC(=O)C([2H])([2H])C1([2H])[2H])C2([2H])[2H].[2H]c1cc(C([2H])([2H])N2C([2H])([2H])C([2H])([2H])OC([2H])([2H])C2([2H])[2H])c([2H])c(C([2H])([2H])Oc2c([2H])c([2H])c([2H])c3c2C([2H])([2H])N(C2([2H])CCC(=O)NC2=O)C3=O)c1F. The van der Waals surface area contributed by atoms with Crippen LogP contribution < -0.4 is 41.4 Å². The predicted molar refractivity (Wildman–Crippen MR) is 483 cm³/mol. The van der Waals surface area contributed by atoms with Crippen molar-refractivity contribution in [2.75, 3.05) is 115 Å². The van der Waals surface area contributed by atoms with Crippen molar-refractivity contribution in [2.24, 2.45) is 0 Å². The van der Waals surface area contributed by atoms with Crippen LogP contribution in [0.1, 0.15) is 287 Å². The Hall–Kier alpha value is -13.2. The van der Waals surface area contributed by atoms with Gasteiger partial charge in [-0.05, 0) is 144 Å². The van der Waals surface area contributed by atoms with Crippen LogP contribution in [0.25, 0.3) is 0 Å². The molecule has 0 aliphatic carbocycles. The molecular formula is C100H106F4N14O18. The lowest BCUT2D eigenvalue weighted by molar-refractivity contribution is -0.138. The second-order valence-electron chi connectivity index (χ2n) is 25.8. The maximum absolute atomic E-state index is 16.0. The number of hydrogen-bond donors (Lipinski definition) is 6. The number of piperidine rings is 4. The maximum Gasteiger partial charge on any atom is 0.255 e. The van der Waals surface area contributed by atoms with Gasteiger partial charge in [0.25, 0.3) is 23.6 Å². The van der Waals surface area contributed by atoms with Gasteiger partial charge in [0, 0.05) is 257 Å². The van der Waals surface area contributed by atoms with Crippen molar-refractivity contribution < 1.29 is 231 Å². The maximum atomic E-state index is 16.0. The van der Waals surface area contributed by atoms with Gasteiger partial charge in [-0.1, -0.05) is 48.4 Å². The van der Waals surface area contributed by atoms with Gasteiger partial charge in [-0.15, -0.1) is 0 Å². The molecule has 12 aliphatic rings. The van der Waals surface area contributed by atoms with Crippen LogP contribution in [0, 0.1) is 23.3 Å². The smallest absolute Gasteiger partial charge is 0.255 e. The molecule has 8 fully saturated rings. The molecule has 4 atom stereocenters. The van der Waals surface area contributed by atoms with Crippen LogP contribution in [0.2, 0.25) is 0 Å². The molecule has 12 aliphatic heterocycles. The fourth-order valence-corrected chi connectivity index (χ4v) is 11.4. The minimum atomic E-state index is -4.22. The van der Waals surface area contributed by atoms with Crippen LogP contribution in [0.5, 0.6) is 11.5 Å². The van der Waals surface area contributed by atoms with Crippen LogP contribution in [0.3, 0.4) is 0 Å². The minimum Gasteiger partial charge on any atom is -0.488 e. The number of rotatable bonds is 24. The van der Waals surface area contributed by atoms with Crippen molar-refractivity contribution >= 4 is 82.3 Å². The Balaban J connectivity index is 0.000000194. The summed E-state index contributed by atoms with van der Waals surface area (Å²) in [5, 5.41) is 9.42. The normalized spacial score (nSPS) is 42.5. The van der Waals surface area contributed by atoms with E-state index in [4.69, 9.17) is 137 Å². The van der Waals surface area contributed by atoms with Gasteiger partial charge in [-0.3, -0.25) is 98.4 Å². The number of benzene rings is 8. The number of nitrogens with zero attached hydrogens (tertiary/aromatic N) is 8. The van der Waals surface area contributed by atoms with Gasteiger partial charge >= 0.3 is 0 Å². The van der Waals surface area contributed by atoms with E-state index in [-0.39, 0.29) is 20.8 Å². The highest BCUT2D eigenvalue weighted by molar-refractivity contribution is 6.09. The summed E-state index contributed by atoms with van der Waals surface area (Å²) in [7, 11) is 0. The molecule has 32 nitrogen and oxygen atoms in total. The molecule has 136 heavy (non-hydrogen) atoms. The Morgan fingerprint density at radius 3 is 1.15 bits per heavy atom. The molecule has 8 aromatic carbocycles. The van der Waals surface area contributed by atoms with Gasteiger partial charge in [0.15, 0.2) is 0 Å². The van der Waals surface area contributed by atoms with Gasteiger partial charge in [0.2, 0.25) is 47.3 Å². The van der Waals surface area contributed by atoms with E-state index in [1.54, 1.807) is 16.0 Å². The number of hydrogen-bond acceptors (Lipinski definition) is 24. The van der Waals surface area contributed by atoms with Crippen molar-refractivity contribution in [1.82, 2.24) is 60.5 Å². The first-order valence-electron chi connectivity index (χ1n) is 83.3. The molecule has 8 aromatic rings. The Morgan fingerprint density at radius 1 is 0.375 bits per heavy atom. The van der Waals surface area contributed by atoms with Crippen molar-refractivity contribution in [1.29, 1.82) is 0 Å². The van der Waals surface area contributed by atoms with E-state index in [0.29, 0.717) is 0 Å². The highest BCUT2D eigenvalue weighted by Crippen LogP contribution is 2.40. The number of carbonyl (C=O) groups is 12. The Bertz CT molecular complexity index is 10700. The number of imide groups is 4. The molecule has 712 valence electrons. The standard InChI is InChI=1S/2C25H27FN4O4.2C25H26FN3O5/c2*26-20-5-4-16(14-29-8-10-34-11-9-29)12-17(20)13-27-21-3-1-2-18-19(21)15-30(25(18)33)22-6-7-23(31)28-24(22)32;2*26-20-5-4-16(13-28-8-10-33-11-9-28)12-17(20)15-34-22-3-1-2-18-19(22)14-29(25(18)32)21-6-7-23(30)27-24(21)31/h2*1-5,12,22,27H,6-11,13-15H2,(H,28,31,32);2*1-5,12,21H,6-11,13-15H2,(H,27,30,31)/i1D,2D,3D,4D,5D,6D2,7D2,8D2,9D2,10D2,11D2,12D,13D2,14D2,15D2,22D;2*1D,2D,3D,4D,5D,6D2,7D2,8D2,9D2,10D2,11D2,12D,13D2,14D2,15D2;1D,2D,3D,5D,8D2,9D2,10D2,11D2,12D,13D2,14D2,15D2,21D. The van der Waals surface area contributed by atoms with E-state index < -0.39 is 627 Å². The third kappa shape index (κ3) is 22.3. The zero-order valence-corrected chi connectivity index (χ0v) is 66.1. The average Bonchev–Trinajstić information content (AvgIpc) is 1.46. The quantitative estimate of drug-likeness (QED) is 0.0246. The molecule has 12 heterocycles. The second-order valence-corrected chi connectivity index (χ2v) is 25.8. The summed E-state index contributed by atoms with van der Waals surface area (Å²) in [6.07, 6.45) is -24.1. The number of morpholine rings is 4. The van der Waals surface area contributed by atoms with Gasteiger partial charge in [0.05, 0.1) is 144 Å². The number of anilines is 2. The summed E-state index contributed by atoms with van der Waals surface area (Å²) in [4.78, 5) is 151. The van der Waals surface area contributed by atoms with Gasteiger partial charge < -0.3 is 58.7 Å². The van der Waals surface area contributed by atoms with Gasteiger partial charge in [0.1, 0.15) is 72.0 Å². The summed E-state index contributed by atoms with van der Waals surface area (Å²) in [5.74, 6) is -32.5. The highest BCUT2D eigenvalue weighted by Gasteiger charge is 2.45. The molecular weight excluding hydrogens is 1760 g/mol. The zero-order chi connectivity index (χ0) is 177. The highest BCUT2D eigenvalue weighted by atomic mass is 19.1. The molecule has 4 unspecified atom stereocenters. The lowest BCUT2D eigenvalue weighted by atomic mass is 10.0. The summed E-state index contributed by atoms with van der Waals surface area (Å²) >= 11 is 0. The van der Waals surface area contributed by atoms with E-state index in [1.807, 2.05) is 0 Å². The first-order valence-corrected chi connectivity index (χ1v) is 36.8. The van der Waals surface area contributed by atoms with E-state index in [0.717, 1.165) is 0 Å².